The Balaban J connectivity index is 1.99. The van der Waals surface area contributed by atoms with E-state index in [-0.39, 0.29) is 11.2 Å². The number of nitrogens with one attached hydrogen (secondary N) is 3. The van der Waals surface area contributed by atoms with E-state index < -0.39 is 0 Å². The molecule has 1 aromatic heterocycles. The zero-order valence-corrected chi connectivity index (χ0v) is 18.1. The highest BCUT2D eigenvalue weighted by Gasteiger charge is 2.36. The van der Waals surface area contributed by atoms with Crippen LogP contribution in [0.3, 0.4) is 0 Å². The molecule has 0 saturated heterocycles. The zero-order valence-electron chi connectivity index (χ0n) is 17.2. The molecule has 0 bridgehead atoms. The van der Waals surface area contributed by atoms with E-state index in [4.69, 9.17) is 5.41 Å². The summed E-state index contributed by atoms with van der Waals surface area (Å²) in [5.41, 5.74) is 4.54. The fourth-order valence-corrected chi connectivity index (χ4v) is 4.09. The van der Waals surface area contributed by atoms with Crippen molar-refractivity contribution < 1.29 is 4.39 Å². The summed E-state index contributed by atoms with van der Waals surface area (Å²) < 4.78 is 18.2. The fourth-order valence-electron chi connectivity index (χ4n) is 3.97. The highest BCUT2D eigenvalue weighted by molar-refractivity contribution is 7.78. The number of benzene rings is 1. The van der Waals surface area contributed by atoms with Crippen LogP contribution in [0.1, 0.15) is 25.5 Å². The lowest BCUT2D eigenvalue weighted by atomic mass is 9.67. The summed E-state index contributed by atoms with van der Waals surface area (Å²) in [6.07, 6.45) is 9.52. The van der Waals surface area contributed by atoms with Crippen LogP contribution in [0.2, 0.25) is 0 Å². The summed E-state index contributed by atoms with van der Waals surface area (Å²) in [5, 5.41) is 15.8. The fraction of sp³-hybridized carbons (Fsp3) is 0.304. The van der Waals surface area contributed by atoms with Crippen molar-refractivity contribution in [2.45, 2.75) is 32.7 Å². The predicted octanol–water partition coefficient (Wildman–Crippen LogP) is 4.93. The van der Waals surface area contributed by atoms with Gasteiger partial charge in [-0.25, -0.2) is 4.39 Å². The molecule has 0 aliphatic heterocycles. The summed E-state index contributed by atoms with van der Waals surface area (Å²) >= 11 is 4.16. The molecular formula is C23H28FN5S. The van der Waals surface area contributed by atoms with Gasteiger partial charge in [-0.2, -0.15) is 5.10 Å². The van der Waals surface area contributed by atoms with E-state index in [1.807, 2.05) is 23.0 Å². The molecule has 0 amide bonds. The highest BCUT2D eigenvalue weighted by Crippen LogP contribution is 2.45. The standard InChI is InChI=1S/C23H28FN5S/c1-3-23(15-21-10-11-26-29(21)4-2)14-17(16-25)22(13-18(23)9-12-27-30)28-20-7-5-19(24)6-8-20/h3,5-8,10-11,13,16,25,27-28,30H,1,4,9,12,14-15H2,2H3. The SMILES string of the molecule is C=CC1(Cc2ccnn2CC)CC(C=N)=C(Nc2ccc(F)cc2)C=C1CCNS. The molecule has 1 unspecified atom stereocenters. The van der Waals surface area contributed by atoms with Gasteiger partial charge in [0.1, 0.15) is 5.82 Å². The molecule has 1 aromatic carbocycles. The van der Waals surface area contributed by atoms with Crippen molar-refractivity contribution in [3.8, 4) is 0 Å². The second-order valence-electron chi connectivity index (χ2n) is 7.39. The van der Waals surface area contributed by atoms with E-state index in [9.17, 15) is 4.39 Å². The average molecular weight is 426 g/mol. The Morgan fingerprint density at radius 3 is 2.73 bits per heavy atom. The molecule has 1 atom stereocenters. The summed E-state index contributed by atoms with van der Waals surface area (Å²) in [7, 11) is 0. The molecule has 5 nitrogen and oxygen atoms in total. The van der Waals surface area contributed by atoms with Crippen LogP contribution in [0.4, 0.5) is 10.1 Å². The van der Waals surface area contributed by atoms with E-state index in [1.165, 1.54) is 23.9 Å². The van der Waals surface area contributed by atoms with Gasteiger partial charge in [-0.3, -0.25) is 9.40 Å². The Hall–Kier alpha value is -2.64. The minimum Gasteiger partial charge on any atom is -0.355 e. The van der Waals surface area contributed by atoms with Crippen molar-refractivity contribution >= 4 is 24.7 Å². The maximum atomic E-state index is 13.3. The Labute approximate surface area is 182 Å². The molecule has 1 aliphatic carbocycles. The van der Waals surface area contributed by atoms with Gasteiger partial charge in [-0.05, 0) is 61.7 Å². The molecule has 3 rings (SSSR count). The molecule has 1 heterocycles. The third kappa shape index (κ3) is 4.74. The Morgan fingerprint density at radius 1 is 1.33 bits per heavy atom. The molecule has 1 aliphatic rings. The van der Waals surface area contributed by atoms with Gasteiger partial charge in [0, 0.05) is 54.4 Å². The quantitative estimate of drug-likeness (QED) is 0.248. The maximum Gasteiger partial charge on any atom is 0.123 e. The smallest absolute Gasteiger partial charge is 0.123 e. The van der Waals surface area contributed by atoms with Crippen LogP contribution in [-0.4, -0.2) is 22.5 Å². The minimum atomic E-state index is -0.321. The molecule has 3 N–H and O–H groups in total. The summed E-state index contributed by atoms with van der Waals surface area (Å²) in [6.45, 7) is 7.76. The number of allylic oxidation sites excluding steroid dienone is 3. The third-order valence-electron chi connectivity index (χ3n) is 5.60. The molecule has 2 aromatic rings. The zero-order chi connectivity index (χ0) is 21.6. The molecule has 30 heavy (non-hydrogen) atoms. The molecule has 7 heteroatoms. The number of hydrogen-bond donors (Lipinski definition) is 4. The Kier molecular flexibility index (Phi) is 7.29. The third-order valence-corrected chi connectivity index (χ3v) is 5.83. The maximum absolute atomic E-state index is 13.3. The van der Waals surface area contributed by atoms with Crippen molar-refractivity contribution in [2.24, 2.45) is 5.41 Å². The van der Waals surface area contributed by atoms with Crippen LogP contribution in [0, 0.1) is 16.6 Å². The van der Waals surface area contributed by atoms with Crippen LogP contribution in [-0.2, 0) is 13.0 Å². The van der Waals surface area contributed by atoms with Crippen LogP contribution in [0.25, 0.3) is 0 Å². The Bertz CT molecular complexity index is 960. The largest absolute Gasteiger partial charge is 0.355 e. The van der Waals surface area contributed by atoms with Crippen LogP contribution in [0.15, 0.2) is 72.1 Å². The molecule has 0 radical (unpaired) electrons. The van der Waals surface area contributed by atoms with E-state index >= 15 is 0 Å². The monoisotopic (exact) mass is 425 g/mol. The van der Waals surface area contributed by atoms with Gasteiger partial charge >= 0.3 is 0 Å². The lowest BCUT2D eigenvalue weighted by molar-refractivity contribution is 0.416. The first-order valence-electron chi connectivity index (χ1n) is 10.0. The van der Waals surface area contributed by atoms with Crippen molar-refractivity contribution in [1.29, 1.82) is 5.41 Å². The number of aromatic nitrogens is 2. The minimum absolute atomic E-state index is 0.278. The lowest BCUT2D eigenvalue weighted by Gasteiger charge is -2.38. The number of hydrogen-bond acceptors (Lipinski definition) is 5. The number of aryl methyl sites for hydroxylation is 1. The van der Waals surface area contributed by atoms with Crippen LogP contribution >= 0.6 is 12.8 Å². The number of halogens is 1. The van der Waals surface area contributed by atoms with Crippen molar-refractivity contribution in [3.63, 3.8) is 0 Å². The Morgan fingerprint density at radius 2 is 2.10 bits per heavy atom. The molecule has 158 valence electrons. The van der Waals surface area contributed by atoms with E-state index in [0.29, 0.717) is 13.0 Å². The summed E-state index contributed by atoms with van der Waals surface area (Å²) in [5.74, 6) is -0.278. The topological polar surface area (TPSA) is 65.7 Å². The average Bonchev–Trinajstić information content (AvgIpc) is 3.21. The predicted molar refractivity (Wildman–Crippen MR) is 124 cm³/mol. The normalized spacial score (nSPS) is 18.8. The van der Waals surface area contributed by atoms with E-state index in [2.05, 4.69) is 47.5 Å². The number of nitrogens with zero attached hydrogens (tertiary/aromatic N) is 2. The first-order valence-corrected chi connectivity index (χ1v) is 10.5. The first kappa shape index (κ1) is 22.1. The number of anilines is 1. The van der Waals surface area contributed by atoms with Gasteiger partial charge in [0.05, 0.1) is 0 Å². The number of rotatable bonds is 10. The first-order chi connectivity index (χ1) is 14.5. The number of thiol groups is 1. The van der Waals surface area contributed by atoms with Crippen molar-refractivity contribution in [2.75, 3.05) is 11.9 Å². The molecule has 0 spiro atoms. The van der Waals surface area contributed by atoms with Crippen LogP contribution in [0.5, 0.6) is 0 Å². The second-order valence-corrected chi connectivity index (χ2v) is 7.71. The van der Waals surface area contributed by atoms with Crippen molar-refractivity contribution in [1.82, 2.24) is 14.5 Å². The van der Waals surface area contributed by atoms with E-state index in [1.54, 1.807) is 12.1 Å². The molecule has 0 saturated carbocycles. The van der Waals surface area contributed by atoms with Crippen LogP contribution < -0.4 is 10.0 Å². The van der Waals surface area contributed by atoms with Gasteiger partial charge in [-0.1, -0.05) is 24.5 Å². The van der Waals surface area contributed by atoms with Gasteiger partial charge in [0.15, 0.2) is 0 Å². The van der Waals surface area contributed by atoms with Gasteiger partial charge in [0.2, 0.25) is 0 Å². The van der Waals surface area contributed by atoms with Gasteiger partial charge in [0.25, 0.3) is 0 Å². The second kappa shape index (κ2) is 9.91. The summed E-state index contributed by atoms with van der Waals surface area (Å²) in [6, 6.07) is 8.28. The molecule has 0 fully saturated rings. The van der Waals surface area contributed by atoms with E-state index in [0.717, 1.165) is 42.0 Å². The van der Waals surface area contributed by atoms with Gasteiger partial charge < -0.3 is 10.7 Å². The summed E-state index contributed by atoms with van der Waals surface area (Å²) in [4.78, 5) is 0. The van der Waals surface area contributed by atoms with Crippen molar-refractivity contribution in [3.05, 3.63) is 83.6 Å². The van der Waals surface area contributed by atoms with Gasteiger partial charge in [-0.15, -0.1) is 6.58 Å². The lowest BCUT2D eigenvalue weighted by Crippen LogP contribution is -2.31. The molecular weight excluding hydrogens is 397 g/mol. The highest BCUT2D eigenvalue weighted by atomic mass is 32.1.